The Morgan fingerprint density at radius 3 is 2.00 bits per heavy atom. The lowest BCUT2D eigenvalue weighted by atomic mass is 9.92. The highest BCUT2D eigenvalue weighted by Crippen LogP contribution is 2.12. The number of halogens is 2. The van der Waals surface area contributed by atoms with E-state index in [-0.39, 0.29) is 24.8 Å². The van der Waals surface area contributed by atoms with Crippen molar-refractivity contribution in [1.82, 2.24) is 5.32 Å². The van der Waals surface area contributed by atoms with Gasteiger partial charge >= 0.3 is 0 Å². The molecule has 1 heterocycles. The van der Waals surface area contributed by atoms with Gasteiger partial charge < -0.3 is 11.1 Å². The van der Waals surface area contributed by atoms with Crippen molar-refractivity contribution in [2.75, 3.05) is 13.1 Å². The van der Waals surface area contributed by atoms with E-state index in [1.54, 1.807) is 0 Å². The monoisotopic (exact) mass is 197 g/mol. The van der Waals surface area contributed by atoms with E-state index < -0.39 is 5.54 Å². The second-order valence-corrected chi connectivity index (χ2v) is 2.52. The number of nitriles is 1. The predicted molar refractivity (Wildman–Crippen MR) is 49.1 cm³/mol. The Morgan fingerprint density at radius 1 is 1.27 bits per heavy atom. The molecule has 0 amide bonds. The van der Waals surface area contributed by atoms with Gasteiger partial charge in [-0.05, 0) is 25.9 Å². The zero-order valence-electron chi connectivity index (χ0n) is 6.17. The van der Waals surface area contributed by atoms with Crippen LogP contribution in [0.4, 0.5) is 0 Å². The lowest BCUT2D eigenvalue weighted by Crippen LogP contribution is -2.47. The molecule has 1 saturated heterocycles. The van der Waals surface area contributed by atoms with Crippen molar-refractivity contribution in [3.63, 3.8) is 0 Å². The van der Waals surface area contributed by atoms with E-state index in [2.05, 4.69) is 11.4 Å². The van der Waals surface area contributed by atoms with Crippen LogP contribution in [0, 0.1) is 11.3 Å². The first kappa shape index (κ1) is 13.6. The first-order valence-corrected chi connectivity index (χ1v) is 3.18. The Bertz CT molecular complexity index is 137. The van der Waals surface area contributed by atoms with Gasteiger partial charge in [0.1, 0.15) is 5.54 Å². The molecule has 5 heteroatoms. The zero-order valence-corrected chi connectivity index (χ0v) is 7.80. The highest BCUT2D eigenvalue weighted by molar-refractivity contribution is 5.85. The second kappa shape index (κ2) is 5.62. The van der Waals surface area contributed by atoms with E-state index in [4.69, 9.17) is 11.0 Å². The lowest BCUT2D eigenvalue weighted by molar-refractivity contribution is 0.383. The predicted octanol–water partition coefficient (Wildman–Crippen LogP) is 0.434. The summed E-state index contributed by atoms with van der Waals surface area (Å²) in [6.45, 7) is 1.76. The molecule has 3 nitrogen and oxygen atoms in total. The summed E-state index contributed by atoms with van der Waals surface area (Å²) in [5.41, 5.74) is 5.12. The third kappa shape index (κ3) is 3.78. The van der Waals surface area contributed by atoms with E-state index in [1.165, 1.54) is 0 Å². The third-order valence-corrected chi connectivity index (χ3v) is 1.72. The van der Waals surface area contributed by atoms with Crippen LogP contribution in [0.15, 0.2) is 0 Å². The molecule has 3 N–H and O–H groups in total. The SMILES string of the molecule is Cl.Cl.N#CC1(N)CCNCC1. The van der Waals surface area contributed by atoms with Crippen LogP contribution >= 0.6 is 24.8 Å². The number of nitrogens with two attached hydrogens (primary N) is 1. The largest absolute Gasteiger partial charge is 0.317 e. The molecule has 0 saturated carbocycles. The normalized spacial score (nSPS) is 20.4. The van der Waals surface area contributed by atoms with Crippen molar-refractivity contribution in [2.45, 2.75) is 18.4 Å². The molecular weight excluding hydrogens is 185 g/mol. The average Bonchev–Trinajstić information content (AvgIpc) is 1.90. The minimum absolute atomic E-state index is 0. The molecule has 1 fully saturated rings. The van der Waals surface area contributed by atoms with Crippen molar-refractivity contribution < 1.29 is 0 Å². The molecule has 1 aliphatic heterocycles. The molecule has 1 rings (SSSR count). The Kier molecular flexibility index (Phi) is 6.93. The van der Waals surface area contributed by atoms with Gasteiger partial charge in [0.15, 0.2) is 0 Å². The number of rotatable bonds is 0. The minimum Gasteiger partial charge on any atom is -0.317 e. The summed E-state index contributed by atoms with van der Waals surface area (Å²) in [6, 6.07) is 2.12. The maximum atomic E-state index is 8.55. The standard InChI is InChI=1S/C6H11N3.2ClH/c7-5-6(8)1-3-9-4-2-6;;/h9H,1-4,8H2;2*1H. The van der Waals surface area contributed by atoms with Crippen LogP contribution in [0.5, 0.6) is 0 Å². The fraction of sp³-hybridized carbons (Fsp3) is 0.833. The van der Waals surface area contributed by atoms with Gasteiger partial charge in [0, 0.05) is 0 Å². The Morgan fingerprint density at radius 2 is 1.73 bits per heavy atom. The summed E-state index contributed by atoms with van der Waals surface area (Å²) in [7, 11) is 0. The Labute approximate surface area is 79.1 Å². The quantitative estimate of drug-likeness (QED) is 0.593. The van der Waals surface area contributed by atoms with Crippen LogP contribution in [0.2, 0.25) is 0 Å². The van der Waals surface area contributed by atoms with Gasteiger partial charge in [-0.2, -0.15) is 5.26 Å². The molecular formula is C6H13Cl2N3. The second-order valence-electron chi connectivity index (χ2n) is 2.52. The topological polar surface area (TPSA) is 61.8 Å². The number of nitrogens with zero attached hydrogens (tertiary/aromatic N) is 1. The summed E-state index contributed by atoms with van der Waals surface area (Å²) in [5, 5.41) is 11.7. The summed E-state index contributed by atoms with van der Waals surface area (Å²) in [6.07, 6.45) is 1.56. The van der Waals surface area contributed by atoms with E-state index in [0.717, 1.165) is 25.9 Å². The van der Waals surface area contributed by atoms with E-state index in [1.807, 2.05) is 0 Å². The number of piperidine rings is 1. The first-order valence-electron chi connectivity index (χ1n) is 3.18. The van der Waals surface area contributed by atoms with Crippen molar-refractivity contribution in [2.24, 2.45) is 5.73 Å². The Balaban J connectivity index is 0. The molecule has 66 valence electrons. The molecule has 0 bridgehead atoms. The average molecular weight is 198 g/mol. The smallest absolute Gasteiger partial charge is 0.106 e. The van der Waals surface area contributed by atoms with E-state index in [9.17, 15) is 0 Å². The van der Waals surface area contributed by atoms with Crippen LogP contribution in [-0.2, 0) is 0 Å². The van der Waals surface area contributed by atoms with Gasteiger partial charge in [0.25, 0.3) is 0 Å². The lowest BCUT2D eigenvalue weighted by Gasteiger charge is -2.26. The van der Waals surface area contributed by atoms with E-state index in [0.29, 0.717) is 0 Å². The number of nitrogens with one attached hydrogen (secondary N) is 1. The molecule has 0 unspecified atom stereocenters. The molecule has 0 radical (unpaired) electrons. The third-order valence-electron chi connectivity index (χ3n) is 1.72. The molecule has 11 heavy (non-hydrogen) atoms. The minimum atomic E-state index is -0.536. The molecule has 0 aromatic carbocycles. The molecule has 0 aromatic heterocycles. The molecule has 0 atom stereocenters. The maximum absolute atomic E-state index is 8.55. The van der Waals surface area contributed by atoms with Crippen molar-refractivity contribution in [1.29, 1.82) is 5.26 Å². The summed E-state index contributed by atoms with van der Waals surface area (Å²) >= 11 is 0. The highest BCUT2D eigenvalue weighted by Gasteiger charge is 2.26. The fourth-order valence-corrected chi connectivity index (χ4v) is 0.985. The maximum Gasteiger partial charge on any atom is 0.106 e. The van der Waals surface area contributed by atoms with Gasteiger partial charge in [0.05, 0.1) is 6.07 Å². The van der Waals surface area contributed by atoms with Gasteiger partial charge in [-0.25, -0.2) is 0 Å². The Hall–Kier alpha value is -0.0100. The van der Waals surface area contributed by atoms with E-state index >= 15 is 0 Å². The molecule has 0 spiro atoms. The van der Waals surface area contributed by atoms with Crippen LogP contribution in [0.3, 0.4) is 0 Å². The zero-order chi connectivity index (χ0) is 6.74. The fourth-order valence-electron chi connectivity index (χ4n) is 0.985. The van der Waals surface area contributed by atoms with Crippen molar-refractivity contribution in [3.8, 4) is 6.07 Å². The molecule has 0 aromatic rings. The van der Waals surface area contributed by atoms with Gasteiger partial charge in [-0.3, -0.25) is 0 Å². The highest BCUT2D eigenvalue weighted by atomic mass is 35.5. The van der Waals surface area contributed by atoms with Gasteiger partial charge in [-0.15, -0.1) is 24.8 Å². The van der Waals surface area contributed by atoms with Crippen LogP contribution in [0.25, 0.3) is 0 Å². The molecule has 1 aliphatic rings. The first-order chi connectivity index (χ1) is 4.27. The van der Waals surface area contributed by atoms with Crippen molar-refractivity contribution >= 4 is 24.8 Å². The van der Waals surface area contributed by atoms with Crippen LogP contribution < -0.4 is 11.1 Å². The summed E-state index contributed by atoms with van der Waals surface area (Å²) < 4.78 is 0. The number of hydrogen-bond acceptors (Lipinski definition) is 3. The van der Waals surface area contributed by atoms with Gasteiger partial charge in [0.2, 0.25) is 0 Å². The number of hydrogen-bond donors (Lipinski definition) is 2. The summed E-state index contributed by atoms with van der Waals surface area (Å²) in [4.78, 5) is 0. The van der Waals surface area contributed by atoms with Crippen LogP contribution in [0.1, 0.15) is 12.8 Å². The van der Waals surface area contributed by atoms with Crippen LogP contribution in [-0.4, -0.2) is 18.6 Å². The molecule has 0 aliphatic carbocycles. The van der Waals surface area contributed by atoms with Gasteiger partial charge in [-0.1, -0.05) is 0 Å². The van der Waals surface area contributed by atoms with Crippen molar-refractivity contribution in [3.05, 3.63) is 0 Å². The summed E-state index contributed by atoms with van der Waals surface area (Å²) in [5.74, 6) is 0.